The van der Waals surface area contributed by atoms with E-state index in [-0.39, 0.29) is 12.4 Å². The van der Waals surface area contributed by atoms with Gasteiger partial charge in [0, 0.05) is 6.92 Å². The van der Waals surface area contributed by atoms with Crippen LogP contribution in [0.1, 0.15) is 18.9 Å². The van der Waals surface area contributed by atoms with Crippen LogP contribution in [0.5, 0.6) is 0 Å². The molecule has 0 aliphatic heterocycles. The minimum atomic E-state index is -0.250. The van der Waals surface area contributed by atoms with E-state index in [0.717, 1.165) is 12.8 Å². The number of benzene rings is 1. The van der Waals surface area contributed by atoms with Crippen LogP contribution >= 0.6 is 0 Å². The molecule has 1 aromatic rings. The van der Waals surface area contributed by atoms with Gasteiger partial charge in [-0.3, -0.25) is 9.59 Å². The smallest absolute Gasteiger partial charge is 0.302 e. The van der Waals surface area contributed by atoms with Crippen LogP contribution in [-0.2, 0) is 20.7 Å². The number of hydrogen-bond donors (Lipinski definition) is 1. The molecule has 4 nitrogen and oxygen atoms in total. The van der Waals surface area contributed by atoms with Gasteiger partial charge in [-0.15, -0.1) is 0 Å². The molecule has 4 heteroatoms. The van der Waals surface area contributed by atoms with Gasteiger partial charge in [-0.1, -0.05) is 30.3 Å². The van der Waals surface area contributed by atoms with Crippen molar-refractivity contribution < 1.29 is 19.4 Å². The van der Waals surface area contributed by atoms with E-state index in [1.165, 1.54) is 12.5 Å². The van der Waals surface area contributed by atoms with E-state index in [0.29, 0.717) is 6.61 Å². The summed E-state index contributed by atoms with van der Waals surface area (Å²) in [5, 5.41) is 6.89. The van der Waals surface area contributed by atoms with Gasteiger partial charge < -0.3 is 9.84 Å². The molecule has 0 radical (unpaired) electrons. The Labute approximate surface area is 94.9 Å². The zero-order valence-electron chi connectivity index (χ0n) is 9.26. The average molecular weight is 224 g/mol. The Hall–Kier alpha value is -1.84. The first kappa shape index (κ1) is 14.2. The molecule has 0 saturated heterocycles. The van der Waals surface area contributed by atoms with Crippen LogP contribution in [-0.4, -0.2) is 24.2 Å². The second-order valence-electron chi connectivity index (χ2n) is 3.03. The molecule has 1 rings (SSSR count). The number of esters is 1. The maximum Gasteiger partial charge on any atom is 0.302 e. The van der Waals surface area contributed by atoms with E-state index in [1.54, 1.807) is 0 Å². The van der Waals surface area contributed by atoms with E-state index in [9.17, 15) is 4.79 Å². The van der Waals surface area contributed by atoms with Gasteiger partial charge in [-0.05, 0) is 18.4 Å². The number of aryl methyl sites for hydroxylation is 1. The van der Waals surface area contributed by atoms with Gasteiger partial charge >= 0.3 is 5.97 Å². The van der Waals surface area contributed by atoms with Gasteiger partial charge in [-0.25, -0.2) is 0 Å². The predicted molar refractivity (Wildman–Crippen MR) is 60.1 cm³/mol. The first-order valence-electron chi connectivity index (χ1n) is 4.96. The highest BCUT2D eigenvalue weighted by Gasteiger charge is 1.94. The monoisotopic (exact) mass is 224 g/mol. The van der Waals surface area contributed by atoms with Gasteiger partial charge in [-0.2, -0.15) is 0 Å². The quantitative estimate of drug-likeness (QED) is 0.482. The summed E-state index contributed by atoms with van der Waals surface area (Å²) in [7, 11) is 0. The third-order valence-electron chi connectivity index (χ3n) is 1.76. The van der Waals surface area contributed by atoms with Crippen molar-refractivity contribution in [1.82, 2.24) is 0 Å². The Bertz CT molecular complexity index is 295. The molecule has 0 aromatic heterocycles. The summed E-state index contributed by atoms with van der Waals surface area (Å²) < 4.78 is 4.82. The fourth-order valence-corrected chi connectivity index (χ4v) is 1.14. The number of rotatable bonds is 4. The maximum atomic E-state index is 10.4. The molecule has 0 atom stereocenters. The van der Waals surface area contributed by atoms with Crippen LogP contribution in [0.15, 0.2) is 30.3 Å². The number of hydrogen-bond acceptors (Lipinski definition) is 3. The van der Waals surface area contributed by atoms with Crippen molar-refractivity contribution in [2.75, 3.05) is 6.61 Å². The highest BCUT2D eigenvalue weighted by molar-refractivity contribution is 5.65. The summed E-state index contributed by atoms with van der Waals surface area (Å²) in [6.45, 7) is 1.70. The third kappa shape index (κ3) is 8.74. The second-order valence-corrected chi connectivity index (χ2v) is 3.03. The molecule has 0 amide bonds. The summed E-state index contributed by atoms with van der Waals surface area (Å²) in [6, 6.07) is 10.2. The van der Waals surface area contributed by atoms with Crippen LogP contribution in [0.3, 0.4) is 0 Å². The topological polar surface area (TPSA) is 63.6 Å². The largest absolute Gasteiger partial charge is 0.483 e. The zero-order chi connectivity index (χ0) is 12.2. The zero-order valence-corrected chi connectivity index (χ0v) is 9.26. The Kier molecular flexibility index (Phi) is 8.59. The van der Waals surface area contributed by atoms with Crippen molar-refractivity contribution in [1.29, 1.82) is 0 Å². The SMILES string of the molecule is CC(=O)OCCCc1ccccc1.O=CO. The Balaban J connectivity index is 0.000000673. The molecule has 0 spiro atoms. The molecule has 88 valence electrons. The molecule has 16 heavy (non-hydrogen) atoms. The standard InChI is InChI=1S/C11H14O2.CH2O2/c1-10(12)13-9-5-8-11-6-3-2-4-7-11;2-1-3/h2-4,6-7H,5,8-9H2,1H3;1H,(H,2,3). The van der Waals surface area contributed by atoms with E-state index in [4.69, 9.17) is 14.6 Å². The molecule has 1 aromatic carbocycles. The number of carboxylic acid groups (broad SMARTS) is 1. The number of carbonyl (C=O) groups is 2. The first-order chi connectivity index (χ1) is 7.70. The second kappa shape index (κ2) is 9.71. The van der Waals surface area contributed by atoms with Crippen LogP contribution in [0.25, 0.3) is 0 Å². The third-order valence-corrected chi connectivity index (χ3v) is 1.76. The van der Waals surface area contributed by atoms with Gasteiger partial charge in [0.15, 0.2) is 0 Å². The van der Waals surface area contributed by atoms with Gasteiger partial charge in [0.25, 0.3) is 6.47 Å². The van der Waals surface area contributed by atoms with E-state index in [2.05, 4.69) is 12.1 Å². The van der Waals surface area contributed by atoms with Crippen LogP contribution in [0.4, 0.5) is 0 Å². The molecular formula is C12H16O4. The fourth-order valence-electron chi connectivity index (χ4n) is 1.14. The van der Waals surface area contributed by atoms with Crippen molar-refractivity contribution in [3.8, 4) is 0 Å². The van der Waals surface area contributed by atoms with Crippen molar-refractivity contribution in [3.63, 3.8) is 0 Å². The Morgan fingerprint density at radius 2 is 1.94 bits per heavy atom. The minimum absolute atomic E-state index is 0.201. The lowest BCUT2D eigenvalue weighted by Crippen LogP contribution is -2.01. The number of carbonyl (C=O) groups excluding carboxylic acids is 1. The summed E-state index contributed by atoms with van der Waals surface area (Å²) in [5.74, 6) is -0.201. The number of ether oxygens (including phenoxy) is 1. The molecule has 0 heterocycles. The molecule has 0 bridgehead atoms. The first-order valence-corrected chi connectivity index (χ1v) is 4.96. The molecule has 0 fully saturated rings. The van der Waals surface area contributed by atoms with Crippen molar-refractivity contribution >= 4 is 12.4 Å². The van der Waals surface area contributed by atoms with Crippen LogP contribution in [0.2, 0.25) is 0 Å². The Morgan fingerprint density at radius 3 is 2.44 bits per heavy atom. The fraction of sp³-hybridized carbons (Fsp3) is 0.333. The minimum Gasteiger partial charge on any atom is -0.483 e. The summed E-state index contributed by atoms with van der Waals surface area (Å²) in [6.07, 6.45) is 1.86. The molecular weight excluding hydrogens is 208 g/mol. The lowest BCUT2D eigenvalue weighted by atomic mass is 10.1. The van der Waals surface area contributed by atoms with Gasteiger partial charge in [0.1, 0.15) is 0 Å². The van der Waals surface area contributed by atoms with Crippen LogP contribution in [0, 0.1) is 0 Å². The van der Waals surface area contributed by atoms with E-state index in [1.807, 2.05) is 18.2 Å². The lowest BCUT2D eigenvalue weighted by molar-refractivity contribution is -0.141. The van der Waals surface area contributed by atoms with Crippen molar-refractivity contribution in [3.05, 3.63) is 35.9 Å². The van der Waals surface area contributed by atoms with Gasteiger partial charge in [0.2, 0.25) is 0 Å². The summed E-state index contributed by atoms with van der Waals surface area (Å²) >= 11 is 0. The predicted octanol–water partition coefficient (Wildman–Crippen LogP) is 1.88. The van der Waals surface area contributed by atoms with Crippen LogP contribution < -0.4 is 0 Å². The molecule has 0 aliphatic rings. The highest BCUT2D eigenvalue weighted by Crippen LogP contribution is 2.02. The van der Waals surface area contributed by atoms with E-state index < -0.39 is 0 Å². The van der Waals surface area contributed by atoms with Gasteiger partial charge in [0.05, 0.1) is 6.61 Å². The molecule has 0 aliphatic carbocycles. The highest BCUT2D eigenvalue weighted by atomic mass is 16.5. The molecule has 0 saturated carbocycles. The van der Waals surface area contributed by atoms with Crippen molar-refractivity contribution in [2.45, 2.75) is 19.8 Å². The summed E-state index contributed by atoms with van der Waals surface area (Å²) in [4.78, 5) is 18.8. The van der Waals surface area contributed by atoms with Crippen molar-refractivity contribution in [2.24, 2.45) is 0 Å². The lowest BCUT2D eigenvalue weighted by Gasteiger charge is -2.01. The molecule has 1 N–H and O–H groups in total. The normalized spacial score (nSPS) is 8.56. The summed E-state index contributed by atoms with van der Waals surface area (Å²) in [5.41, 5.74) is 1.29. The van der Waals surface area contributed by atoms with E-state index >= 15 is 0 Å². The maximum absolute atomic E-state index is 10.4. The molecule has 0 unspecified atom stereocenters. The average Bonchev–Trinajstić information content (AvgIpc) is 2.27. The Morgan fingerprint density at radius 1 is 1.38 bits per heavy atom.